The lowest BCUT2D eigenvalue weighted by Crippen LogP contribution is -2.31. The van der Waals surface area contributed by atoms with Crippen molar-refractivity contribution in [1.82, 2.24) is 19.9 Å². The van der Waals surface area contributed by atoms with Crippen LogP contribution in [0.4, 0.5) is 0 Å². The van der Waals surface area contributed by atoms with Crippen molar-refractivity contribution in [1.29, 1.82) is 0 Å². The van der Waals surface area contributed by atoms with Gasteiger partial charge in [0.05, 0.1) is 27.1 Å². The molecule has 0 atom stereocenters. The van der Waals surface area contributed by atoms with Crippen molar-refractivity contribution in [3.63, 3.8) is 0 Å². The van der Waals surface area contributed by atoms with Crippen LogP contribution in [0.15, 0.2) is 47.7 Å². The van der Waals surface area contributed by atoms with Crippen LogP contribution in [-0.4, -0.2) is 38.7 Å². The van der Waals surface area contributed by atoms with Gasteiger partial charge in [-0.2, -0.15) is 0 Å². The molecule has 4 heterocycles. The van der Waals surface area contributed by atoms with Crippen LogP contribution in [0.2, 0.25) is 10.0 Å². The normalized spacial score (nSPS) is 16.6. The van der Waals surface area contributed by atoms with Gasteiger partial charge in [0.2, 0.25) is 0 Å². The summed E-state index contributed by atoms with van der Waals surface area (Å²) in [5.41, 5.74) is 6.49. The van der Waals surface area contributed by atoms with E-state index in [0.29, 0.717) is 10.0 Å². The Kier molecular flexibility index (Phi) is 5.99. The second-order valence-electron chi connectivity index (χ2n) is 8.09. The van der Waals surface area contributed by atoms with E-state index in [1.54, 1.807) is 6.07 Å². The van der Waals surface area contributed by atoms with E-state index >= 15 is 0 Å². The third-order valence-corrected chi connectivity index (χ3v) is 6.58. The summed E-state index contributed by atoms with van der Waals surface area (Å²) in [7, 11) is 0. The topological polar surface area (TPSA) is 54.3 Å². The Morgan fingerprint density at radius 1 is 0.935 bits per heavy atom. The van der Waals surface area contributed by atoms with Crippen molar-refractivity contribution >= 4 is 28.9 Å². The minimum Gasteiger partial charge on any atom is -0.294 e. The molecule has 0 saturated heterocycles. The molecule has 5 nitrogen and oxygen atoms in total. The zero-order valence-electron chi connectivity index (χ0n) is 17.2. The molecule has 2 aromatic heterocycles. The Morgan fingerprint density at radius 3 is 2.65 bits per heavy atom. The highest BCUT2D eigenvalue weighted by atomic mass is 35.5. The number of hydrogen-bond acceptors (Lipinski definition) is 5. The van der Waals surface area contributed by atoms with Crippen LogP contribution in [0.3, 0.4) is 0 Å². The Bertz CT molecular complexity index is 1130. The highest BCUT2D eigenvalue weighted by Gasteiger charge is 2.20. The van der Waals surface area contributed by atoms with Crippen LogP contribution < -0.4 is 0 Å². The Balaban J connectivity index is 1.25. The van der Waals surface area contributed by atoms with Crippen LogP contribution in [0.1, 0.15) is 41.9 Å². The number of halogens is 2. The van der Waals surface area contributed by atoms with Gasteiger partial charge >= 0.3 is 0 Å². The van der Waals surface area contributed by atoms with E-state index in [2.05, 4.69) is 25.9 Å². The summed E-state index contributed by atoms with van der Waals surface area (Å²) in [5, 5.41) is 1.09. The van der Waals surface area contributed by atoms with Gasteiger partial charge in [-0.05, 0) is 43.0 Å². The molecule has 0 aliphatic carbocycles. The fraction of sp³-hybridized carbons (Fsp3) is 0.333. The Hall–Kier alpha value is -2.34. The summed E-state index contributed by atoms with van der Waals surface area (Å²) in [5.74, 6) is 0.828. The van der Waals surface area contributed by atoms with E-state index < -0.39 is 0 Å². The molecule has 7 heteroatoms. The van der Waals surface area contributed by atoms with Crippen molar-refractivity contribution < 1.29 is 0 Å². The average Bonchev–Trinajstić information content (AvgIpc) is 2.82. The molecule has 158 valence electrons. The number of hydrogen-bond donors (Lipinski definition) is 0. The molecular weight excluding hydrogens is 429 g/mol. The number of aliphatic imine (C=N–C) groups is 1. The van der Waals surface area contributed by atoms with Gasteiger partial charge in [0, 0.05) is 56.1 Å². The summed E-state index contributed by atoms with van der Waals surface area (Å²) in [6.07, 6.45) is 8.22. The van der Waals surface area contributed by atoms with Crippen LogP contribution in [0.25, 0.3) is 11.3 Å². The first-order chi connectivity index (χ1) is 15.2. The predicted molar refractivity (Wildman–Crippen MR) is 125 cm³/mol. The highest BCUT2D eigenvalue weighted by molar-refractivity contribution is 6.42. The van der Waals surface area contributed by atoms with Gasteiger partial charge in [-0.25, -0.2) is 9.97 Å². The molecular formula is C24H23Cl2N5. The number of fused-ring (bicyclic) bond motifs is 1. The third kappa shape index (κ3) is 4.64. The molecule has 5 rings (SSSR count). The van der Waals surface area contributed by atoms with E-state index in [-0.39, 0.29) is 0 Å². The van der Waals surface area contributed by atoms with Crippen LogP contribution in [0, 0.1) is 0 Å². The second-order valence-corrected chi connectivity index (χ2v) is 8.91. The minimum atomic E-state index is 0.540. The average molecular weight is 452 g/mol. The lowest BCUT2D eigenvalue weighted by molar-refractivity contribution is 0.242. The maximum atomic E-state index is 6.14. The van der Waals surface area contributed by atoms with Gasteiger partial charge in [-0.1, -0.05) is 35.3 Å². The van der Waals surface area contributed by atoms with Crippen molar-refractivity contribution in [2.24, 2.45) is 4.99 Å². The molecule has 0 bridgehead atoms. The van der Waals surface area contributed by atoms with Crippen LogP contribution in [-0.2, 0) is 19.5 Å². The Morgan fingerprint density at radius 2 is 1.87 bits per heavy atom. The van der Waals surface area contributed by atoms with Gasteiger partial charge in [0.1, 0.15) is 0 Å². The monoisotopic (exact) mass is 451 g/mol. The van der Waals surface area contributed by atoms with Crippen molar-refractivity contribution in [2.45, 2.75) is 38.8 Å². The smallest absolute Gasteiger partial charge is 0.173 e. The molecule has 0 N–H and O–H groups in total. The van der Waals surface area contributed by atoms with Gasteiger partial charge < -0.3 is 0 Å². The SMILES string of the molecule is Clc1ccc(-c2ccc(CN3CCc4nc(C5=NCCCC5)ncc4C3)cn2)cc1Cl. The summed E-state index contributed by atoms with van der Waals surface area (Å²) in [6.45, 7) is 3.59. The fourth-order valence-electron chi connectivity index (χ4n) is 4.13. The standard InChI is InChI=1S/C24H23Cl2N5/c25-19-6-5-17(11-20(19)26)21-7-4-16(12-28-21)14-31-10-8-22-18(15-31)13-29-24(30-22)23-3-1-2-9-27-23/h4-7,11-13H,1-3,8-10,14-15H2. The molecule has 2 aliphatic heterocycles. The molecule has 2 aliphatic rings. The molecule has 3 aromatic rings. The zero-order valence-corrected chi connectivity index (χ0v) is 18.7. The number of pyridine rings is 1. The lowest BCUT2D eigenvalue weighted by atomic mass is 10.0. The molecule has 0 amide bonds. The number of aromatic nitrogens is 3. The van der Waals surface area contributed by atoms with Crippen LogP contribution >= 0.6 is 23.2 Å². The van der Waals surface area contributed by atoms with E-state index in [1.165, 1.54) is 29.7 Å². The molecule has 0 radical (unpaired) electrons. The molecule has 0 unspecified atom stereocenters. The molecule has 31 heavy (non-hydrogen) atoms. The fourth-order valence-corrected chi connectivity index (χ4v) is 4.43. The number of rotatable bonds is 4. The van der Waals surface area contributed by atoms with Crippen molar-refractivity contribution in [3.8, 4) is 11.3 Å². The first kappa shape index (κ1) is 20.6. The van der Waals surface area contributed by atoms with E-state index in [0.717, 1.165) is 61.8 Å². The summed E-state index contributed by atoms with van der Waals surface area (Å²) < 4.78 is 0. The maximum absolute atomic E-state index is 6.14. The maximum Gasteiger partial charge on any atom is 0.173 e. The summed E-state index contributed by atoms with van der Waals surface area (Å²) in [6, 6.07) is 9.74. The number of nitrogens with zero attached hydrogens (tertiary/aromatic N) is 5. The van der Waals surface area contributed by atoms with Crippen LogP contribution in [0.5, 0.6) is 0 Å². The summed E-state index contributed by atoms with van der Waals surface area (Å²) in [4.78, 5) is 21.1. The molecule has 0 spiro atoms. The minimum absolute atomic E-state index is 0.540. The first-order valence-electron chi connectivity index (χ1n) is 10.7. The van der Waals surface area contributed by atoms with Gasteiger partial charge in [0.15, 0.2) is 5.82 Å². The van der Waals surface area contributed by atoms with Gasteiger partial charge in [0.25, 0.3) is 0 Å². The van der Waals surface area contributed by atoms with Crippen molar-refractivity contribution in [3.05, 3.63) is 75.4 Å². The quantitative estimate of drug-likeness (QED) is 0.534. The second kappa shape index (κ2) is 9.03. The first-order valence-corrected chi connectivity index (χ1v) is 11.4. The molecule has 0 saturated carbocycles. The summed E-state index contributed by atoms with van der Waals surface area (Å²) >= 11 is 12.1. The largest absolute Gasteiger partial charge is 0.294 e. The van der Waals surface area contributed by atoms with Gasteiger partial charge in [-0.3, -0.25) is 14.9 Å². The number of benzene rings is 1. The zero-order chi connectivity index (χ0) is 21.2. The lowest BCUT2D eigenvalue weighted by Gasteiger charge is -2.28. The molecule has 1 aromatic carbocycles. The van der Waals surface area contributed by atoms with Gasteiger partial charge in [-0.15, -0.1) is 0 Å². The Labute approximate surface area is 192 Å². The highest BCUT2D eigenvalue weighted by Crippen LogP contribution is 2.28. The molecule has 0 fully saturated rings. The van der Waals surface area contributed by atoms with E-state index in [9.17, 15) is 0 Å². The van der Waals surface area contributed by atoms with E-state index in [1.807, 2.05) is 30.6 Å². The predicted octanol–water partition coefficient (Wildman–Crippen LogP) is 5.38. The van der Waals surface area contributed by atoms with E-state index in [4.69, 9.17) is 28.2 Å². The third-order valence-electron chi connectivity index (χ3n) is 5.84. The van der Waals surface area contributed by atoms with Crippen molar-refractivity contribution in [2.75, 3.05) is 13.1 Å².